The molecule has 8 heteroatoms. The molecule has 136 valence electrons. The first kappa shape index (κ1) is 17.8. The Bertz CT molecular complexity index is 870. The molecule has 0 radical (unpaired) electrons. The molecular formula is C18H17F2N3O3. The molecule has 26 heavy (non-hydrogen) atoms. The van der Waals surface area contributed by atoms with Crippen LogP contribution in [-0.2, 0) is 0 Å². The molecule has 1 N–H and O–H groups in total. The highest BCUT2D eigenvalue weighted by Crippen LogP contribution is 2.14. The number of aromatic nitrogens is 1. The maximum Gasteiger partial charge on any atom is 0.270 e. The van der Waals surface area contributed by atoms with Gasteiger partial charge in [0.25, 0.3) is 11.8 Å². The first-order valence-corrected chi connectivity index (χ1v) is 8.10. The molecule has 0 aliphatic carbocycles. The fraction of sp³-hybridized carbons (Fsp3) is 0.278. The number of nitrogens with one attached hydrogen (secondary N) is 1. The Kier molecular flexibility index (Phi) is 4.83. The summed E-state index contributed by atoms with van der Waals surface area (Å²) in [6.45, 7) is 2.60. The van der Waals surface area contributed by atoms with Crippen LogP contribution in [-0.4, -0.2) is 58.6 Å². The van der Waals surface area contributed by atoms with E-state index in [1.165, 1.54) is 30.2 Å². The number of H-pyrrole nitrogens is 1. The van der Waals surface area contributed by atoms with Crippen LogP contribution in [0.5, 0.6) is 0 Å². The van der Waals surface area contributed by atoms with Gasteiger partial charge in [0.2, 0.25) is 0 Å². The van der Waals surface area contributed by atoms with Gasteiger partial charge in [0.15, 0.2) is 17.4 Å². The van der Waals surface area contributed by atoms with Crippen molar-refractivity contribution in [2.75, 3.05) is 26.2 Å². The molecular weight excluding hydrogens is 344 g/mol. The van der Waals surface area contributed by atoms with Crippen molar-refractivity contribution >= 4 is 17.6 Å². The van der Waals surface area contributed by atoms with Crippen molar-refractivity contribution in [3.63, 3.8) is 0 Å². The van der Waals surface area contributed by atoms with E-state index in [1.54, 1.807) is 4.90 Å². The number of benzene rings is 1. The topological polar surface area (TPSA) is 73.5 Å². The second-order valence-corrected chi connectivity index (χ2v) is 6.07. The van der Waals surface area contributed by atoms with Gasteiger partial charge in [-0.25, -0.2) is 8.78 Å². The molecule has 0 atom stereocenters. The van der Waals surface area contributed by atoms with Crippen molar-refractivity contribution in [3.05, 3.63) is 58.9 Å². The molecule has 2 heterocycles. The molecule has 1 aromatic carbocycles. The Labute approximate surface area is 148 Å². The van der Waals surface area contributed by atoms with Gasteiger partial charge in [0, 0.05) is 43.5 Å². The average Bonchev–Trinajstić information content (AvgIpc) is 3.13. The van der Waals surface area contributed by atoms with Crippen LogP contribution in [0.15, 0.2) is 30.5 Å². The molecule has 6 nitrogen and oxygen atoms in total. The van der Waals surface area contributed by atoms with Gasteiger partial charge in [0.05, 0.1) is 0 Å². The number of nitrogens with zero attached hydrogens (tertiary/aromatic N) is 2. The first-order valence-electron chi connectivity index (χ1n) is 8.10. The smallest absolute Gasteiger partial charge is 0.270 e. The summed E-state index contributed by atoms with van der Waals surface area (Å²) < 4.78 is 26.3. The fourth-order valence-electron chi connectivity index (χ4n) is 2.82. The van der Waals surface area contributed by atoms with Crippen molar-refractivity contribution in [2.45, 2.75) is 6.92 Å². The third-order valence-corrected chi connectivity index (χ3v) is 4.34. The Morgan fingerprint density at radius 3 is 2.04 bits per heavy atom. The number of Topliss-reactive ketones (excluding diaryl/α,β-unsaturated/α-hetero) is 1. The summed E-state index contributed by atoms with van der Waals surface area (Å²) in [6, 6.07) is 4.53. The Hall–Kier alpha value is -3.03. The summed E-state index contributed by atoms with van der Waals surface area (Å²) in [4.78, 5) is 42.0. The molecule has 1 aromatic heterocycles. The van der Waals surface area contributed by atoms with E-state index in [2.05, 4.69) is 4.98 Å². The van der Waals surface area contributed by atoms with Gasteiger partial charge in [-0.05, 0) is 31.2 Å². The monoisotopic (exact) mass is 361 g/mol. The molecule has 2 aromatic rings. The van der Waals surface area contributed by atoms with Crippen molar-refractivity contribution in [1.82, 2.24) is 14.8 Å². The highest BCUT2D eigenvalue weighted by molar-refractivity contribution is 5.99. The summed E-state index contributed by atoms with van der Waals surface area (Å²) in [6.07, 6.45) is 1.48. The SMILES string of the molecule is CC(=O)c1c[nH]c(C(=O)N2CCN(C(=O)c3ccc(F)c(F)c3)CC2)c1. The lowest BCUT2D eigenvalue weighted by Gasteiger charge is -2.34. The van der Waals surface area contributed by atoms with Crippen LogP contribution in [0.3, 0.4) is 0 Å². The Morgan fingerprint density at radius 2 is 1.50 bits per heavy atom. The average molecular weight is 361 g/mol. The van der Waals surface area contributed by atoms with E-state index < -0.39 is 17.5 Å². The van der Waals surface area contributed by atoms with Gasteiger partial charge in [-0.1, -0.05) is 0 Å². The molecule has 1 saturated heterocycles. The molecule has 1 aliphatic rings. The molecule has 3 rings (SSSR count). The van der Waals surface area contributed by atoms with Gasteiger partial charge in [0.1, 0.15) is 5.69 Å². The van der Waals surface area contributed by atoms with Crippen LogP contribution in [0.1, 0.15) is 38.1 Å². The van der Waals surface area contributed by atoms with E-state index in [0.29, 0.717) is 24.3 Å². The van der Waals surface area contributed by atoms with E-state index in [9.17, 15) is 23.2 Å². The van der Waals surface area contributed by atoms with Crippen molar-refractivity contribution in [2.24, 2.45) is 0 Å². The minimum atomic E-state index is -1.07. The van der Waals surface area contributed by atoms with Gasteiger partial charge in [-0.3, -0.25) is 14.4 Å². The number of hydrogen-bond acceptors (Lipinski definition) is 3. The number of aromatic amines is 1. The van der Waals surface area contributed by atoms with Gasteiger partial charge in [-0.15, -0.1) is 0 Å². The van der Waals surface area contributed by atoms with Crippen LogP contribution >= 0.6 is 0 Å². The van der Waals surface area contributed by atoms with E-state index in [0.717, 1.165) is 12.1 Å². The molecule has 0 bridgehead atoms. The van der Waals surface area contributed by atoms with Crippen LogP contribution in [0.25, 0.3) is 0 Å². The summed E-state index contributed by atoms with van der Waals surface area (Å²) in [7, 11) is 0. The van der Waals surface area contributed by atoms with Crippen LogP contribution in [0, 0.1) is 11.6 Å². The largest absolute Gasteiger partial charge is 0.356 e. The zero-order valence-corrected chi connectivity index (χ0v) is 14.1. The van der Waals surface area contributed by atoms with E-state index in [-0.39, 0.29) is 30.3 Å². The van der Waals surface area contributed by atoms with Gasteiger partial charge < -0.3 is 14.8 Å². The molecule has 1 fully saturated rings. The molecule has 0 spiro atoms. The van der Waals surface area contributed by atoms with Crippen molar-refractivity contribution in [1.29, 1.82) is 0 Å². The third kappa shape index (κ3) is 3.49. The lowest BCUT2D eigenvalue weighted by atomic mass is 10.1. The predicted molar refractivity (Wildman–Crippen MR) is 89.0 cm³/mol. The highest BCUT2D eigenvalue weighted by Gasteiger charge is 2.26. The Balaban J connectivity index is 1.62. The summed E-state index contributed by atoms with van der Waals surface area (Å²) in [5.74, 6) is -2.88. The second kappa shape index (κ2) is 7.07. The van der Waals surface area contributed by atoms with E-state index in [1.807, 2.05) is 0 Å². The number of halogens is 2. The van der Waals surface area contributed by atoms with E-state index in [4.69, 9.17) is 0 Å². The van der Waals surface area contributed by atoms with Gasteiger partial charge >= 0.3 is 0 Å². The zero-order chi connectivity index (χ0) is 18.8. The third-order valence-electron chi connectivity index (χ3n) is 4.34. The number of carbonyl (C=O) groups excluding carboxylic acids is 3. The number of carbonyl (C=O) groups is 3. The minimum absolute atomic E-state index is 0.0687. The first-order chi connectivity index (χ1) is 12.4. The molecule has 0 saturated carbocycles. The maximum absolute atomic E-state index is 13.3. The van der Waals surface area contributed by atoms with Crippen molar-refractivity contribution < 1.29 is 23.2 Å². The predicted octanol–water partition coefficient (Wildman–Crippen LogP) is 2.09. The zero-order valence-electron chi connectivity index (χ0n) is 14.1. The fourth-order valence-corrected chi connectivity index (χ4v) is 2.82. The minimum Gasteiger partial charge on any atom is -0.356 e. The Morgan fingerprint density at radius 1 is 0.885 bits per heavy atom. The van der Waals surface area contributed by atoms with Gasteiger partial charge in [-0.2, -0.15) is 0 Å². The second-order valence-electron chi connectivity index (χ2n) is 6.07. The quantitative estimate of drug-likeness (QED) is 0.851. The lowest BCUT2D eigenvalue weighted by Crippen LogP contribution is -2.50. The number of ketones is 1. The molecule has 2 amide bonds. The number of amides is 2. The van der Waals surface area contributed by atoms with E-state index >= 15 is 0 Å². The summed E-state index contributed by atoms with van der Waals surface area (Å²) in [5, 5.41) is 0. The summed E-state index contributed by atoms with van der Waals surface area (Å²) in [5.41, 5.74) is 0.815. The van der Waals surface area contributed by atoms with Crippen LogP contribution in [0.2, 0.25) is 0 Å². The molecule has 1 aliphatic heterocycles. The highest BCUT2D eigenvalue weighted by atomic mass is 19.2. The van der Waals surface area contributed by atoms with Crippen molar-refractivity contribution in [3.8, 4) is 0 Å². The normalized spacial score (nSPS) is 14.4. The van der Waals surface area contributed by atoms with Crippen LogP contribution in [0.4, 0.5) is 8.78 Å². The number of rotatable bonds is 3. The lowest BCUT2D eigenvalue weighted by molar-refractivity contribution is 0.0532. The summed E-state index contributed by atoms with van der Waals surface area (Å²) >= 11 is 0. The maximum atomic E-state index is 13.3. The number of piperazine rings is 1. The standard InChI is InChI=1S/C18H17F2N3O3/c1-11(24)13-9-16(21-10-13)18(26)23-6-4-22(5-7-23)17(25)12-2-3-14(19)15(20)8-12/h2-3,8-10,21H,4-7H2,1H3. The molecule has 0 unspecified atom stereocenters. The number of hydrogen-bond donors (Lipinski definition) is 1. The van der Waals surface area contributed by atoms with Crippen LogP contribution < -0.4 is 0 Å².